The number of alkyl halides is 1. The lowest BCUT2D eigenvalue weighted by molar-refractivity contribution is 0.102. The van der Waals surface area contributed by atoms with Gasteiger partial charge >= 0.3 is 0 Å². The van der Waals surface area contributed by atoms with Gasteiger partial charge in [-0.05, 0) is 6.07 Å². The molecule has 0 heterocycles. The van der Waals surface area contributed by atoms with Gasteiger partial charge < -0.3 is 10.5 Å². The SMILES string of the molecule is COc1cc(N)cc(C(=O)CCl)c1C#N. The zero-order chi connectivity index (χ0) is 11.4. The van der Waals surface area contributed by atoms with Crippen molar-refractivity contribution in [3.05, 3.63) is 23.3 Å². The number of ether oxygens (including phenoxy) is 1. The molecule has 2 N–H and O–H groups in total. The van der Waals surface area contributed by atoms with Crippen molar-refractivity contribution < 1.29 is 9.53 Å². The lowest BCUT2D eigenvalue weighted by Crippen LogP contribution is -2.06. The molecule has 0 saturated carbocycles. The Morgan fingerprint density at radius 3 is 2.80 bits per heavy atom. The van der Waals surface area contributed by atoms with E-state index in [4.69, 9.17) is 27.3 Å². The number of Topliss-reactive ketones (excluding diaryl/α,β-unsaturated/α-hetero) is 1. The Bertz CT molecular complexity index is 438. The molecule has 0 spiro atoms. The number of hydrogen-bond acceptors (Lipinski definition) is 4. The summed E-state index contributed by atoms with van der Waals surface area (Å²) in [6.45, 7) is 0. The van der Waals surface area contributed by atoms with Crippen LogP contribution in [-0.4, -0.2) is 18.8 Å². The fourth-order valence-corrected chi connectivity index (χ4v) is 1.35. The van der Waals surface area contributed by atoms with Crippen LogP contribution in [0.1, 0.15) is 15.9 Å². The maximum absolute atomic E-state index is 11.4. The number of nitrogens with zero attached hydrogens (tertiary/aromatic N) is 1. The highest BCUT2D eigenvalue weighted by molar-refractivity contribution is 6.30. The molecule has 15 heavy (non-hydrogen) atoms. The van der Waals surface area contributed by atoms with Gasteiger partial charge in [-0.15, -0.1) is 11.6 Å². The number of carbonyl (C=O) groups excluding carboxylic acids is 1. The van der Waals surface area contributed by atoms with Gasteiger partial charge in [0, 0.05) is 17.3 Å². The van der Waals surface area contributed by atoms with Gasteiger partial charge in [-0.2, -0.15) is 5.26 Å². The molecule has 0 atom stereocenters. The maximum atomic E-state index is 11.4. The first-order valence-corrected chi connectivity index (χ1v) is 4.64. The van der Waals surface area contributed by atoms with Gasteiger partial charge in [0.15, 0.2) is 5.78 Å². The van der Waals surface area contributed by atoms with Crippen LogP contribution >= 0.6 is 11.6 Å². The van der Waals surface area contributed by atoms with E-state index < -0.39 is 0 Å². The van der Waals surface area contributed by atoms with E-state index in [1.807, 2.05) is 6.07 Å². The molecule has 0 aliphatic rings. The minimum absolute atomic E-state index is 0.164. The fraction of sp³-hybridized carbons (Fsp3) is 0.200. The molecule has 0 fully saturated rings. The van der Waals surface area contributed by atoms with Crippen molar-refractivity contribution in [1.82, 2.24) is 0 Å². The fourth-order valence-electron chi connectivity index (χ4n) is 1.20. The highest BCUT2D eigenvalue weighted by Gasteiger charge is 2.15. The molecule has 0 amide bonds. The van der Waals surface area contributed by atoms with E-state index in [1.54, 1.807) is 0 Å². The second-order valence-electron chi connectivity index (χ2n) is 2.81. The van der Waals surface area contributed by atoms with Gasteiger partial charge in [0.25, 0.3) is 0 Å². The number of carbonyl (C=O) groups is 1. The van der Waals surface area contributed by atoms with E-state index in [9.17, 15) is 4.79 Å². The van der Waals surface area contributed by atoms with Crippen LogP contribution < -0.4 is 10.5 Å². The molecule has 1 rings (SSSR count). The molecule has 78 valence electrons. The van der Waals surface area contributed by atoms with E-state index in [0.717, 1.165) is 0 Å². The predicted molar refractivity (Wildman–Crippen MR) is 57.2 cm³/mol. The third-order valence-corrected chi connectivity index (χ3v) is 2.12. The molecule has 0 saturated heterocycles. The van der Waals surface area contributed by atoms with Gasteiger partial charge in [-0.3, -0.25) is 4.79 Å². The van der Waals surface area contributed by atoms with Gasteiger partial charge in [0.1, 0.15) is 17.4 Å². The third kappa shape index (κ3) is 2.20. The summed E-state index contributed by atoms with van der Waals surface area (Å²) < 4.78 is 4.95. The number of nitrogens with two attached hydrogens (primary N) is 1. The average Bonchev–Trinajstić information content (AvgIpc) is 2.26. The van der Waals surface area contributed by atoms with Crippen molar-refractivity contribution in [2.24, 2.45) is 0 Å². The lowest BCUT2D eigenvalue weighted by Gasteiger charge is -2.08. The third-order valence-electron chi connectivity index (χ3n) is 1.88. The van der Waals surface area contributed by atoms with Crippen molar-refractivity contribution >= 4 is 23.1 Å². The summed E-state index contributed by atoms with van der Waals surface area (Å²) in [5.41, 5.74) is 6.29. The smallest absolute Gasteiger partial charge is 0.179 e. The Labute approximate surface area is 92.2 Å². The molecule has 0 aliphatic carbocycles. The first-order chi connectivity index (χ1) is 7.13. The van der Waals surface area contributed by atoms with Crippen LogP contribution in [0.4, 0.5) is 5.69 Å². The Morgan fingerprint density at radius 1 is 1.67 bits per heavy atom. The summed E-state index contributed by atoms with van der Waals surface area (Å²) in [6.07, 6.45) is 0. The number of nitriles is 1. The normalized spacial score (nSPS) is 9.40. The highest BCUT2D eigenvalue weighted by atomic mass is 35.5. The highest BCUT2D eigenvalue weighted by Crippen LogP contribution is 2.25. The Morgan fingerprint density at radius 2 is 2.33 bits per heavy atom. The number of nitrogen functional groups attached to an aromatic ring is 1. The van der Waals surface area contributed by atoms with E-state index in [0.29, 0.717) is 5.69 Å². The average molecular weight is 225 g/mol. The second kappa shape index (κ2) is 4.67. The minimum Gasteiger partial charge on any atom is -0.495 e. The number of methoxy groups -OCH3 is 1. The van der Waals surface area contributed by atoms with E-state index in [2.05, 4.69) is 0 Å². The Kier molecular flexibility index (Phi) is 3.53. The van der Waals surface area contributed by atoms with E-state index >= 15 is 0 Å². The van der Waals surface area contributed by atoms with Crippen molar-refractivity contribution in [1.29, 1.82) is 5.26 Å². The zero-order valence-corrected chi connectivity index (χ0v) is 8.84. The Balaban J connectivity index is 3.43. The second-order valence-corrected chi connectivity index (χ2v) is 3.08. The molecule has 1 aromatic carbocycles. The first-order valence-electron chi connectivity index (χ1n) is 4.10. The minimum atomic E-state index is -0.348. The summed E-state index contributed by atoms with van der Waals surface area (Å²) in [4.78, 5) is 11.4. The van der Waals surface area contributed by atoms with Crippen molar-refractivity contribution in [2.75, 3.05) is 18.7 Å². The quantitative estimate of drug-likeness (QED) is 0.480. The van der Waals surface area contributed by atoms with Crippen LogP contribution in [0.25, 0.3) is 0 Å². The van der Waals surface area contributed by atoms with Gasteiger partial charge in [-0.25, -0.2) is 0 Å². The van der Waals surface area contributed by atoms with Gasteiger partial charge in [-0.1, -0.05) is 0 Å². The number of ketones is 1. The largest absolute Gasteiger partial charge is 0.495 e. The molecule has 4 nitrogen and oxygen atoms in total. The molecule has 0 unspecified atom stereocenters. The number of hydrogen-bond donors (Lipinski definition) is 1. The Hall–Kier alpha value is -1.73. The molecule has 0 aliphatic heterocycles. The summed E-state index contributed by atoms with van der Waals surface area (Å²) in [6, 6.07) is 4.81. The van der Waals surface area contributed by atoms with Crippen LogP contribution in [0.2, 0.25) is 0 Å². The monoisotopic (exact) mass is 224 g/mol. The molecule has 5 heteroatoms. The van der Waals surface area contributed by atoms with Crippen molar-refractivity contribution in [3.8, 4) is 11.8 Å². The van der Waals surface area contributed by atoms with Crippen molar-refractivity contribution in [3.63, 3.8) is 0 Å². The van der Waals surface area contributed by atoms with Crippen LogP contribution in [0.5, 0.6) is 5.75 Å². The number of anilines is 1. The zero-order valence-electron chi connectivity index (χ0n) is 8.08. The van der Waals surface area contributed by atoms with Gasteiger partial charge in [0.2, 0.25) is 0 Å². The van der Waals surface area contributed by atoms with E-state index in [1.165, 1.54) is 19.2 Å². The molecular weight excluding hydrogens is 216 g/mol. The summed E-state index contributed by atoms with van der Waals surface area (Å²) in [5.74, 6) is -0.258. The summed E-state index contributed by atoms with van der Waals surface area (Å²) in [5, 5.41) is 8.90. The lowest BCUT2D eigenvalue weighted by atomic mass is 10.0. The van der Waals surface area contributed by atoms with Crippen LogP contribution in [-0.2, 0) is 0 Å². The maximum Gasteiger partial charge on any atom is 0.179 e. The van der Waals surface area contributed by atoms with Crippen LogP contribution in [0.3, 0.4) is 0 Å². The summed E-state index contributed by atoms with van der Waals surface area (Å²) in [7, 11) is 1.41. The standard InChI is InChI=1S/C10H9ClN2O2/c1-15-10-3-6(13)2-7(8(10)5-12)9(14)4-11/h2-3H,4,13H2,1H3. The van der Waals surface area contributed by atoms with Crippen molar-refractivity contribution in [2.45, 2.75) is 0 Å². The molecule has 0 aromatic heterocycles. The predicted octanol–water partition coefficient (Wildman–Crippen LogP) is 1.57. The molecule has 0 bridgehead atoms. The van der Waals surface area contributed by atoms with E-state index in [-0.39, 0.29) is 28.5 Å². The number of benzene rings is 1. The topological polar surface area (TPSA) is 76.1 Å². The van der Waals surface area contributed by atoms with Crippen LogP contribution in [0.15, 0.2) is 12.1 Å². The first kappa shape index (κ1) is 11.3. The summed E-state index contributed by atoms with van der Waals surface area (Å²) >= 11 is 5.42. The molecule has 0 radical (unpaired) electrons. The van der Waals surface area contributed by atoms with Crippen LogP contribution in [0, 0.1) is 11.3 Å². The molecular formula is C10H9ClN2O2. The number of rotatable bonds is 3. The molecule has 1 aromatic rings. The number of halogens is 1. The van der Waals surface area contributed by atoms with Gasteiger partial charge in [0.05, 0.1) is 13.0 Å².